The third kappa shape index (κ3) is 4.63. The van der Waals surface area contributed by atoms with Crippen LogP contribution in [-0.2, 0) is 11.3 Å². The van der Waals surface area contributed by atoms with Crippen molar-refractivity contribution < 1.29 is 18.8 Å². The summed E-state index contributed by atoms with van der Waals surface area (Å²) in [5, 5.41) is 11.2. The molecule has 2 rings (SSSR count). The summed E-state index contributed by atoms with van der Waals surface area (Å²) in [5.74, 6) is -1.59. The van der Waals surface area contributed by atoms with E-state index >= 15 is 0 Å². The maximum Gasteiger partial charge on any atom is 0.406 e. The van der Waals surface area contributed by atoms with Crippen LogP contribution in [0.1, 0.15) is 11.3 Å². The molecule has 0 aliphatic rings. The Kier molecular flexibility index (Phi) is 5.87. The first-order chi connectivity index (χ1) is 11.8. The average Bonchev–Trinajstić information content (AvgIpc) is 2.56. The number of halogens is 2. The van der Waals surface area contributed by atoms with Crippen molar-refractivity contribution in [1.29, 1.82) is 0 Å². The van der Waals surface area contributed by atoms with Crippen LogP contribution >= 0.6 is 11.6 Å². The highest BCUT2D eigenvalue weighted by Crippen LogP contribution is 2.24. The Balaban J connectivity index is 2.04. The molecule has 0 aliphatic heterocycles. The van der Waals surface area contributed by atoms with Crippen LogP contribution in [0.4, 0.5) is 10.2 Å². The lowest BCUT2D eigenvalue weighted by atomic mass is 10.2. The monoisotopic (exact) mass is 367 g/mol. The summed E-state index contributed by atoms with van der Waals surface area (Å²) in [6.45, 7) is 1.10. The van der Waals surface area contributed by atoms with E-state index in [1.807, 2.05) is 0 Å². The molecule has 0 aliphatic carbocycles. The van der Waals surface area contributed by atoms with Gasteiger partial charge in [-0.25, -0.2) is 4.39 Å². The number of hydrogen-bond donors (Lipinski definition) is 0. The van der Waals surface area contributed by atoms with Crippen LogP contribution in [0.15, 0.2) is 30.3 Å². The van der Waals surface area contributed by atoms with Crippen LogP contribution in [0, 0.1) is 22.9 Å². The van der Waals surface area contributed by atoms with E-state index in [0.717, 1.165) is 0 Å². The zero-order valence-corrected chi connectivity index (χ0v) is 14.3. The van der Waals surface area contributed by atoms with E-state index in [0.29, 0.717) is 5.69 Å². The standard InChI is InChI=1S/C16H15ClFN3O4/c1-10-6-7-14(16(19-10)21(23)24)25-9-15(22)20(2)8-11-12(17)4-3-5-13(11)18/h3-7H,8-9H2,1-2H3. The second-order valence-corrected chi connectivity index (χ2v) is 5.68. The number of ether oxygens (including phenoxy) is 1. The van der Waals surface area contributed by atoms with Gasteiger partial charge in [-0.3, -0.25) is 4.79 Å². The fourth-order valence-electron chi connectivity index (χ4n) is 2.03. The number of aromatic nitrogens is 1. The highest BCUT2D eigenvalue weighted by atomic mass is 35.5. The maximum atomic E-state index is 13.8. The minimum Gasteiger partial charge on any atom is -0.476 e. The van der Waals surface area contributed by atoms with Crippen molar-refractivity contribution in [3.05, 3.63) is 62.5 Å². The van der Waals surface area contributed by atoms with Crippen molar-refractivity contribution in [2.75, 3.05) is 13.7 Å². The summed E-state index contributed by atoms with van der Waals surface area (Å²) >= 11 is 5.93. The first-order valence-corrected chi connectivity index (χ1v) is 7.59. The third-order valence-corrected chi connectivity index (χ3v) is 3.74. The molecular formula is C16H15ClFN3O4. The summed E-state index contributed by atoms with van der Waals surface area (Å²) in [5.41, 5.74) is 0.639. The molecule has 1 aromatic carbocycles. The normalized spacial score (nSPS) is 10.4. The number of rotatable bonds is 6. The summed E-state index contributed by atoms with van der Waals surface area (Å²) in [6, 6.07) is 7.15. The molecule has 1 amide bonds. The quantitative estimate of drug-likeness (QED) is 0.578. The van der Waals surface area contributed by atoms with Gasteiger partial charge < -0.3 is 19.8 Å². The van der Waals surface area contributed by atoms with Gasteiger partial charge in [-0.15, -0.1) is 0 Å². The van der Waals surface area contributed by atoms with Crippen LogP contribution in [-0.4, -0.2) is 34.4 Å². The molecule has 132 valence electrons. The molecule has 9 heteroatoms. The van der Waals surface area contributed by atoms with Crippen molar-refractivity contribution in [3.8, 4) is 5.75 Å². The Bertz CT molecular complexity index is 796. The van der Waals surface area contributed by atoms with Gasteiger partial charge in [-0.1, -0.05) is 17.7 Å². The topological polar surface area (TPSA) is 85.6 Å². The molecule has 0 radical (unpaired) electrons. The number of aryl methyl sites for hydroxylation is 1. The largest absolute Gasteiger partial charge is 0.476 e. The second kappa shape index (κ2) is 7.89. The van der Waals surface area contributed by atoms with Gasteiger partial charge in [0.15, 0.2) is 6.61 Å². The Morgan fingerprint density at radius 1 is 1.40 bits per heavy atom. The molecule has 0 bridgehead atoms. The van der Waals surface area contributed by atoms with Gasteiger partial charge in [-0.05, 0) is 34.2 Å². The highest BCUT2D eigenvalue weighted by Gasteiger charge is 2.20. The molecule has 1 heterocycles. The number of amides is 1. The number of carbonyl (C=O) groups is 1. The van der Waals surface area contributed by atoms with E-state index in [-0.39, 0.29) is 22.9 Å². The fourth-order valence-corrected chi connectivity index (χ4v) is 2.25. The molecule has 2 aromatic rings. The van der Waals surface area contributed by atoms with Crippen molar-refractivity contribution in [2.45, 2.75) is 13.5 Å². The predicted octanol–water partition coefficient (Wildman–Crippen LogP) is 3.13. The van der Waals surface area contributed by atoms with Gasteiger partial charge >= 0.3 is 5.82 Å². The van der Waals surface area contributed by atoms with Crippen LogP contribution in [0.3, 0.4) is 0 Å². The van der Waals surface area contributed by atoms with Gasteiger partial charge in [0, 0.05) is 31.1 Å². The predicted molar refractivity (Wildman–Crippen MR) is 89.0 cm³/mol. The van der Waals surface area contributed by atoms with E-state index in [1.165, 1.54) is 42.3 Å². The van der Waals surface area contributed by atoms with Gasteiger partial charge in [0.1, 0.15) is 11.5 Å². The van der Waals surface area contributed by atoms with Crippen LogP contribution in [0.2, 0.25) is 5.02 Å². The van der Waals surface area contributed by atoms with Crippen molar-refractivity contribution in [3.63, 3.8) is 0 Å². The Morgan fingerprint density at radius 2 is 2.12 bits per heavy atom. The zero-order valence-electron chi connectivity index (χ0n) is 13.5. The molecule has 0 fully saturated rings. The lowest BCUT2D eigenvalue weighted by Gasteiger charge is -2.18. The Morgan fingerprint density at radius 3 is 2.76 bits per heavy atom. The zero-order chi connectivity index (χ0) is 18.6. The maximum absolute atomic E-state index is 13.8. The Hall–Kier alpha value is -2.74. The minimum absolute atomic E-state index is 0.0536. The van der Waals surface area contributed by atoms with Crippen molar-refractivity contribution in [1.82, 2.24) is 9.88 Å². The lowest BCUT2D eigenvalue weighted by molar-refractivity contribution is -0.390. The lowest BCUT2D eigenvalue weighted by Crippen LogP contribution is -2.31. The fraction of sp³-hybridized carbons (Fsp3) is 0.250. The van der Waals surface area contributed by atoms with E-state index < -0.39 is 29.1 Å². The first kappa shape index (κ1) is 18.6. The highest BCUT2D eigenvalue weighted by molar-refractivity contribution is 6.31. The molecule has 0 unspecified atom stereocenters. The molecule has 25 heavy (non-hydrogen) atoms. The van der Waals surface area contributed by atoms with Gasteiger partial charge in [0.25, 0.3) is 5.91 Å². The third-order valence-electron chi connectivity index (χ3n) is 3.39. The molecular weight excluding hydrogens is 353 g/mol. The van der Waals surface area contributed by atoms with E-state index in [2.05, 4.69) is 4.98 Å². The summed E-state index contributed by atoms with van der Waals surface area (Å²) in [7, 11) is 1.45. The van der Waals surface area contributed by atoms with Gasteiger partial charge in [0.05, 0.1) is 0 Å². The molecule has 0 saturated carbocycles. The van der Waals surface area contributed by atoms with Crippen molar-refractivity contribution in [2.24, 2.45) is 0 Å². The summed E-state index contributed by atoms with van der Waals surface area (Å²) in [6.07, 6.45) is 0. The van der Waals surface area contributed by atoms with Crippen LogP contribution in [0.5, 0.6) is 5.75 Å². The smallest absolute Gasteiger partial charge is 0.406 e. The number of likely N-dealkylation sites (N-methyl/N-ethyl adjacent to an activating group) is 1. The van der Waals surface area contributed by atoms with E-state index in [1.54, 1.807) is 6.92 Å². The van der Waals surface area contributed by atoms with Gasteiger partial charge in [0.2, 0.25) is 5.75 Å². The van der Waals surface area contributed by atoms with Gasteiger partial charge in [-0.2, -0.15) is 0 Å². The van der Waals surface area contributed by atoms with Crippen LogP contribution in [0.25, 0.3) is 0 Å². The van der Waals surface area contributed by atoms with Crippen LogP contribution < -0.4 is 4.74 Å². The minimum atomic E-state index is -0.685. The number of nitro groups is 1. The summed E-state index contributed by atoms with van der Waals surface area (Å²) < 4.78 is 19.0. The molecule has 0 N–H and O–H groups in total. The molecule has 0 saturated heterocycles. The molecule has 0 atom stereocenters. The number of benzene rings is 1. The number of nitrogens with zero attached hydrogens (tertiary/aromatic N) is 3. The summed E-state index contributed by atoms with van der Waals surface area (Å²) in [4.78, 5) is 27.4. The number of pyridine rings is 1. The SMILES string of the molecule is Cc1ccc(OCC(=O)N(C)Cc2c(F)cccc2Cl)c([N+](=O)[O-])n1. The second-order valence-electron chi connectivity index (χ2n) is 5.27. The van der Waals surface area contributed by atoms with Crippen molar-refractivity contribution >= 4 is 23.3 Å². The Labute approximate surface area is 148 Å². The molecule has 1 aromatic heterocycles. The van der Waals surface area contributed by atoms with E-state index in [9.17, 15) is 19.3 Å². The molecule has 0 spiro atoms. The first-order valence-electron chi connectivity index (χ1n) is 7.21. The number of hydrogen-bond acceptors (Lipinski definition) is 5. The number of carbonyl (C=O) groups excluding carboxylic acids is 1. The molecule has 7 nitrogen and oxygen atoms in total. The average molecular weight is 368 g/mol. The van der Waals surface area contributed by atoms with E-state index in [4.69, 9.17) is 16.3 Å².